The van der Waals surface area contributed by atoms with E-state index in [4.69, 9.17) is 0 Å². The standard InChI is InChI=1S/C33H34F3N3O/c1-22-19-23(21-25(20-22)33(34,35)36)30(40)39-18-13-27-26-11-7-8-12-28(26)37-29(27)32(39)16-14-31(15-17-32,38(2)3)24-9-5-4-6-10-24/h4-12,19-21,37H,13-18H2,1-3H3. The number of nitrogens with zero attached hydrogens (tertiary/aromatic N) is 2. The summed E-state index contributed by atoms with van der Waals surface area (Å²) in [6.07, 6.45) is -0.847. The van der Waals surface area contributed by atoms with Gasteiger partial charge in [0.25, 0.3) is 5.91 Å². The lowest BCUT2D eigenvalue weighted by molar-refractivity contribution is -0.137. The summed E-state index contributed by atoms with van der Waals surface area (Å²) in [7, 11) is 4.21. The molecular formula is C33H34F3N3O. The minimum absolute atomic E-state index is 0.0961. The number of para-hydroxylation sites is 1. The van der Waals surface area contributed by atoms with Crippen LogP contribution in [0.4, 0.5) is 13.2 Å². The number of fused-ring (bicyclic) bond motifs is 4. The monoisotopic (exact) mass is 545 g/mol. The zero-order valence-corrected chi connectivity index (χ0v) is 23.1. The van der Waals surface area contributed by atoms with Gasteiger partial charge in [-0.1, -0.05) is 48.5 Å². The number of amides is 1. The molecule has 0 bridgehead atoms. The third kappa shape index (κ3) is 4.14. The summed E-state index contributed by atoms with van der Waals surface area (Å²) in [5.74, 6) is -0.337. The molecule has 1 aliphatic carbocycles. The SMILES string of the molecule is Cc1cc(C(=O)N2CCc3c([nH]c4ccccc34)C23CCC(c2ccccc2)(N(C)C)CC3)cc(C(F)(F)F)c1. The maximum Gasteiger partial charge on any atom is 0.416 e. The number of alkyl halides is 3. The van der Waals surface area contributed by atoms with Crippen molar-refractivity contribution in [1.29, 1.82) is 0 Å². The maximum absolute atomic E-state index is 14.2. The first-order chi connectivity index (χ1) is 19.0. The average molecular weight is 546 g/mol. The Hall–Kier alpha value is -3.58. The lowest BCUT2D eigenvalue weighted by atomic mass is 9.65. The molecule has 1 spiro atoms. The Morgan fingerprint density at radius 2 is 1.60 bits per heavy atom. The largest absolute Gasteiger partial charge is 0.416 e. The molecule has 2 aliphatic rings. The molecule has 6 rings (SSSR count). The number of halogens is 3. The van der Waals surface area contributed by atoms with Crippen LogP contribution in [0.5, 0.6) is 0 Å². The van der Waals surface area contributed by atoms with E-state index in [-0.39, 0.29) is 17.0 Å². The van der Waals surface area contributed by atoms with E-state index in [9.17, 15) is 18.0 Å². The van der Waals surface area contributed by atoms with Crippen LogP contribution in [0.3, 0.4) is 0 Å². The molecule has 7 heteroatoms. The molecule has 1 aliphatic heterocycles. The Morgan fingerprint density at radius 1 is 0.925 bits per heavy atom. The number of aromatic amines is 1. The van der Waals surface area contributed by atoms with Crippen molar-refractivity contribution in [3.05, 3.63) is 106 Å². The molecule has 2 heterocycles. The van der Waals surface area contributed by atoms with Crippen LogP contribution in [-0.4, -0.2) is 41.3 Å². The van der Waals surface area contributed by atoms with E-state index in [0.29, 0.717) is 31.4 Å². The van der Waals surface area contributed by atoms with E-state index >= 15 is 0 Å². The topological polar surface area (TPSA) is 39.3 Å². The van der Waals surface area contributed by atoms with Crippen molar-refractivity contribution >= 4 is 16.8 Å². The van der Waals surface area contributed by atoms with Gasteiger partial charge in [-0.05, 0) is 94.1 Å². The van der Waals surface area contributed by atoms with Crippen molar-refractivity contribution in [3.8, 4) is 0 Å². The number of hydrogen-bond acceptors (Lipinski definition) is 2. The van der Waals surface area contributed by atoms with Crippen molar-refractivity contribution in [3.63, 3.8) is 0 Å². The molecule has 1 aromatic heterocycles. The highest BCUT2D eigenvalue weighted by atomic mass is 19.4. The number of benzene rings is 3. The van der Waals surface area contributed by atoms with E-state index in [0.717, 1.165) is 41.6 Å². The summed E-state index contributed by atoms with van der Waals surface area (Å²) in [5.41, 5.74) is 3.44. The van der Waals surface area contributed by atoms with Crippen LogP contribution in [0.2, 0.25) is 0 Å². The molecule has 0 unspecified atom stereocenters. The smallest absolute Gasteiger partial charge is 0.356 e. The second-order valence-corrected chi connectivity index (χ2v) is 11.6. The third-order valence-electron chi connectivity index (χ3n) is 9.35. The highest BCUT2D eigenvalue weighted by Gasteiger charge is 2.53. The Morgan fingerprint density at radius 3 is 2.27 bits per heavy atom. The van der Waals surface area contributed by atoms with Gasteiger partial charge in [0.05, 0.1) is 11.1 Å². The van der Waals surface area contributed by atoms with E-state index in [2.05, 4.69) is 60.4 Å². The fourth-order valence-electron chi connectivity index (χ4n) is 7.29. The van der Waals surface area contributed by atoms with Crippen molar-refractivity contribution in [1.82, 2.24) is 14.8 Å². The molecule has 40 heavy (non-hydrogen) atoms. The van der Waals surface area contributed by atoms with Crippen LogP contribution in [0, 0.1) is 6.92 Å². The molecule has 1 amide bonds. The van der Waals surface area contributed by atoms with Crippen LogP contribution in [0.1, 0.15) is 64.0 Å². The van der Waals surface area contributed by atoms with Crippen molar-refractivity contribution in [2.75, 3.05) is 20.6 Å². The zero-order chi connectivity index (χ0) is 28.3. The van der Waals surface area contributed by atoms with E-state index in [1.807, 2.05) is 23.1 Å². The van der Waals surface area contributed by atoms with E-state index in [1.54, 1.807) is 13.0 Å². The summed E-state index contributed by atoms with van der Waals surface area (Å²) < 4.78 is 41.1. The molecule has 1 N–H and O–H groups in total. The van der Waals surface area contributed by atoms with Crippen LogP contribution in [0.25, 0.3) is 10.9 Å². The molecule has 0 saturated heterocycles. The number of rotatable bonds is 3. The average Bonchev–Trinajstić information content (AvgIpc) is 3.33. The first kappa shape index (κ1) is 26.6. The summed E-state index contributed by atoms with van der Waals surface area (Å²) in [5, 5.41) is 1.16. The fourth-order valence-corrected chi connectivity index (χ4v) is 7.29. The summed E-state index contributed by atoms with van der Waals surface area (Å²) in [6, 6.07) is 22.4. The molecule has 0 radical (unpaired) electrons. The highest BCUT2D eigenvalue weighted by molar-refractivity contribution is 5.96. The van der Waals surface area contributed by atoms with Gasteiger partial charge in [0.15, 0.2) is 0 Å². The van der Waals surface area contributed by atoms with Gasteiger partial charge in [-0.2, -0.15) is 13.2 Å². The van der Waals surface area contributed by atoms with Gasteiger partial charge in [0, 0.05) is 34.2 Å². The van der Waals surface area contributed by atoms with Crippen molar-refractivity contribution in [2.24, 2.45) is 0 Å². The fraction of sp³-hybridized carbons (Fsp3) is 0.364. The molecule has 208 valence electrons. The summed E-state index contributed by atoms with van der Waals surface area (Å²) >= 11 is 0. The number of carbonyl (C=O) groups excluding carboxylic acids is 1. The Balaban J connectivity index is 1.47. The summed E-state index contributed by atoms with van der Waals surface area (Å²) in [6.45, 7) is 2.07. The van der Waals surface area contributed by atoms with Gasteiger partial charge in [0.1, 0.15) is 0 Å². The van der Waals surface area contributed by atoms with Gasteiger partial charge in [-0.3, -0.25) is 9.69 Å². The van der Waals surface area contributed by atoms with Crippen LogP contribution in [0.15, 0.2) is 72.8 Å². The molecule has 4 aromatic rings. The molecule has 0 atom stereocenters. The number of carbonyl (C=O) groups is 1. The minimum atomic E-state index is -4.52. The Kier molecular flexibility index (Phi) is 6.33. The maximum atomic E-state index is 14.2. The van der Waals surface area contributed by atoms with Gasteiger partial charge in [-0.25, -0.2) is 0 Å². The molecule has 1 saturated carbocycles. The number of H-pyrrole nitrogens is 1. The van der Waals surface area contributed by atoms with Gasteiger partial charge < -0.3 is 9.88 Å². The lowest BCUT2D eigenvalue weighted by Gasteiger charge is -2.55. The summed E-state index contributed by atoms with van der Waals surface area (Å²) in [4.78, 5) is 22.1. The Labute approximate surface area is 232 Å². The van der Waals surface area contributed by atoms with Gasteiger partial charge >= 0.3 is 6.18 Å². The molecule has 3 aromatic carbocycles. The second kappa shape index (κ2) is 9.51. The van der Waals surface area contributed by atoms with Crippen LogP contribution >= 0.6 is 0 Å². The molecule has 4 nitrogen and oxygen atoms in total. The normalized spacial score (nSPS) is 23.1. The molecule has 1 fully saturated rings. The lowest BCUT2D eigenvalue weighted by Crippen LogP contribution is -2.58. The number of hydrogen-bond donors (Lipinski definition) is 1. The van der Waals surface area contributed by atoms with E-state index < -0.39 is 17.3 Å². The quantitative estimate of drug-likeness (QED) is 0.291. The molecular weight excluding hydrogens is 511 g/mol. The van der Waals surface area contributed by atoms with Crippen LogP contribution in [-0.2, 0) is 23.7 Å². The van der Waals surface area contributed by atoms with Gasteiger partial charge in [0.2, 0.25) is 0 Å². The first-order valence-electron chi connectivity index (χ1n) is 13.9. The zero-order valence-electron chi connectivity index (χ0n) is 23.1. The second-order valence-electron chi connectivity index (χ2n) is 11.6. The predicted molar refractivity (Wildman–Crippen MR) is 151 cm³/mol. The van der Waals surface area contributed by atoms with E-state index in [1.165, 1.54) is 11.1 Å². The van der Waals surface area contributed by atoms with Crippen LogP contribution < -0.4 is 0 Å². The van der Waals surface area contributed by atoms with Crippen molar-refractivity contribution < 1.29 is 18.0 Å². The number of aryl methyl sites for hydroxylation is 1. The third-order valence-corrected chi connectivity index (χ3v) is 9.35. The number of nitrogens with one attached hydrogen (secondary N) is 1. The number of aromatic nitrogens is 1. The van der Waals surface area contributed by atoms with Gasteiger partial charge in [-0.15, -0.1) is 0 Å². The Bertz CT molecular complexity index is 1560. The first-order valence-corrected chi connectivity index (χ1v) is 13.9. The minimum Gasteiger partial charge on any atom is -0.356 e. The van der Waals surface area contributed by atoms with Crippen molar-refractivity contribution in [2.45, 2.75) is 56.3 Å². The predicted octanol–water partition coefficient (Wildman–Crippen LogP) is 7.42. The highest BCUT2D eigenvalue weighted by Crippen LogP contribution is 2.54.